The lowest BCUT2D eigenvalue weighted by Gasteiger charge is -2.28. The lowest BCUT2D eigenvalue weighted by Crippen LogP contribution is -2.39. The van der Waals surface area contributed by atoms with Crippen LogP contribution in [-0.2, 0) is 9.53 Å². The Bertz CT molecular complexity index is 414. The summed E-state index contributed by atoms with van der Waals surface area (Å²) in [6.07, 6.45) is 0.639. The number of piperidine rings is 1. The molecular formula is C13H17ClFNO2. The van der Waals surface area contributed by atoms with Gasteiger partial charge in [0.2, 0.25) is 0 Å². The molecule has 0 radical (unpaired) electrons. The van der Waals surface area contributed by atoms with Crippen LogP contribution in [0.25, 0.3) is 0 Å². The zero-order valence-corrected chi connectivity index (χ0v) is 11.0. The topological polar surface area (TPSA) is 38.3 Å². The number of benzene rings is 1. The average Bonchev–Trinajstić information content (AvgIpc) is 2.38. The molecule has 0 bridgehead atoms. The first-order valence-electron chi connectivity index (χ1n) is 5.75. The highest BCUT2D eigenvalue weighted by Gasteiger charge is 2.29. The number of halogens is 2. The van der Waals surface area contributed by atoms with E-state index in [4.69, 9.17) is 4.74 Å². The van der Waals surface area contributed by atoms with E-state index in [1.54, 1.807) is 12.1 Å². The number of hydrogen-bond donors (Lipinski definition) is 1. The van der Waals surface area contributed by atoms with Gasteiger partial charge in [-0.3, -0.25) is 4.79 Å². The Morgan fingerprint density at radius 3 is 2.78 bits per heavy atom. The second-order valence-electron chi connectivity index (χ2n) is 4.33. The van der Waals surface area contributed by atoms with Crippen molar-refractivity contribution in [1.29, 1.82) is 0 Å². The molecule has 2 atom stereocenters. The van der Waals surface area contributed by atoms with Crippen molar-refractivity contribution in [2.45, 2.75) is 12.3 Å². The molecule has 0 saturated carbocycles. The van der Waals surface area contributed by atoms with E-state index in [-0.39, 0.29) is 36.0 Å². The highest BCUT2D eigenvalue weighted by atomic mass is 35.5. The molecule has 100 valence electrons. The molecule has 0 aliphatic carbocycles. The van der Waals surface area contributed by atoms with E-state index in [2.05, 4.69) is 5.32 Å². The lowest BCUT2D eigenvalue weighted by atomic mass is 9.85. The van der Waals surface area contributed by atoms with Crippen molar-refractivity contribution in [3.05, 3.63) is 35.6 Å². The van der Waals surface area contributed by atoms with E-state index in [9.17, 15) is 9.18 Å². The van der Waals surface area contributed by atoms with E-state index in [0.29, 0.717) is 25.1 Å². The van der Waals surface area contributed by atoms with Gasteiger partial charge in [-0.1, -0.05) is 18.2 Å². The summed E-state index contributed by atoms with van der Waals surface area (Å²) in [6, 6.07) is 6.73. The Morgan fingerprint density at radius 1 is 1.39 bits per heavy atom. The Balaban J connectivity index is 0.00000162. The summed E-state index contributed by atoms with van der Waals surface area (Å²) in [6.45, 7) is 1.31. The van der Waals surface area contributed by atoms with Crippen molar-refractivity contribution in [2.24, 2.45) is 5.92 Å². The van der Waals surface area contributed by atoms with Crippen LogP contribution in [-0.4, -0.2) is 26.2 Å². The van der Waals surface area contributed by atoms with Gasteiger partial charge in [0.1, 0.15) is 5.82 Å². The quantitative estimate of drug-likeness (QED) is 0.839. The molecule has 1 N–H and O–H groups in total. The molecule has 5 heteroatoms. The van der Waals surface area contributed by atoms with E-state index >= 15 is 0 Å². The van der Waals surface area contributed by atoms with Gasteiger partial charge in [-0.15, -0.1) is 12.4 Å². The van der Waals surface area contributed by atoms with Crippen LogP contribution in [0.15, 0.2) is 24.3 Å². The summed E-state index contributed by atoms with van der Waals surface area (Å²) in [5.41, 5.74) is 0.675. The second kappa shape index (κ2) is 6.71. The first-order valence-corrected chi connectivity index (χ1v) is 5.75. The van der Waals surface area contributed by atoms with Gasteiger partial charge in [0, 0.05) is 19.0 Å². The normalized spacial score (nSPS) is 23.0. The van der Waals surface area contributed by atoms with Gasteiger partial charge in [0.15, 0.2) is 0 Å². The molecule has 2 rings (SSSR count). The third-order valence-electron chi connectivity index (χ3n) is 3.23. The fourth-order valence-corrected chi connectivity index (χ4v) is 2.33. The summed E-state index contributed by atoms with van der Waals surface area (Å²) < 4.78 is 18.4. The zero-order valence-electron chi connectivity index (χ0n) is 10.2. The predicted molar refractivity (Wildman–Crippen MR) is 69.4 cm³/mol. The first-order chi connectivity index (χ1) is 8.22. The van der Waals surface area contributed by atoms with Crippen LogP contribution >= 0.6 is 12.4 Å². The smallest absolute Gasteiger partial charge is 0.309 e. The molecule has 1 aromatic carbocycles. The fourth-order valence-electron chi connectivity index (χ4n) is 2.33. The van der Waals surface area contributed by atoms with Crippen molar-refractivity contribution in [2.75, 3.05) is 20.2 Å². The zero-order chi connectivity index (χ0) is 12.3. The summed E-state index contributed by atoms with van der Waals surface area (Å²) in [5.74, 6) is -0.573. The van der Waals surface area contributed by atoms with Gasteiger partial charge < -0.3 is 10.1 Å². The number of carbonyl (C=O) groups excluding carboxylic acids is 1. The van der Waals surface area contributed by atoms with Gasteiger partial charge in [-0.05, 0) is 18.1 Å². The second-order valence-corrected chi connectivity index (χ2v) is 4.33. The number of hydrogen-bond acceptors (Lipinski definition) is 3. The Morgan fingerprint density at radius 2 is 2.11 bits per heavy atom. The third-order valence-corrected chi connectivity index (χ3v) is 3.23. The molecule has 1 aromatic rings. The Hall–Kier alpha value is -1.13. The highest BCUT2D eigenvalue weighted by Crippen LogP contribution is 2.28. The van der Waals surface area contributed by atoms with Gasteiger partial charge >= 0.3 is 5.97 Å². The molecular weight excluding hydrogens is 257 g/mol. The molecule has 1 fully saturated rings. The Kier molecular flexibility index (Phi) is 5.56. The molecule has 0 aromatic heterocycles. The fraction of sp³-hybridized carbons (Fsp3) is 0.462. The van der Waals surface area contributed by atoms with Crippen molar-refractivity contribution in [3.63, 3.8) is 0 Å². The highest BCUT2D eigenvalue weighted by molar-refractivity contribution is 5.85. The monoisotopic (exact) mass is 273 g/mol. The number of carbonyl (C=O) groups is 1. The minimum Gasteiger partial charge on any atom is -0.469 e. The van der Waals surface area contributed by atoms with Crippen LogP contribution in [0.4, 0.5) is 4.39 Å². The molecule has 2 unspecified atom stereocenters. The van der Waals surface area contributed by atoms with Crippen LogP contribution in [0.1, 0.15) is 17.9 Å². The molecule has 1 heterocycles. The molecule has 3 nitrogen and oxygen atoms in total. The lowest BCUT2D eigenvalue weighted by molar-refractivity contribution is -0.146. The maximum absolute atomic E-state index is 13.6. The van der Waals surface area contributed by atoms with Crippen molar-refractivity contribution >= 4 is 18.4 Å². The van der Waals surface area contributed by atoms with Crippen molar-refractivity contribution in [1.82, 2.24) is 5.32 Å². The minimum atomic E-state index is -0.224. The van der Waals surface area contributed by atoms with Crippen LogP contribution in [0.5, 0.6) is 0 Å². The Labute approximate surface area is 112 Å². The van der Waals surface area contributed by atoms with Gasteiger partial charge in [-0.2, -0.15) is 0 Å². The SMILES string of the molecule is COC(=O)C1CNCC(c2ccccc2F)C1.Cl. The number of nitrogens with one attached hydrogen (secondary N) is 1. The predicted octanol–water partition coefficient (Wildman–Crippen LogP) is 2.11. The van der Waals surface area contributed by atoms with Crippen LogP contribution in [0, 0.1) is 11.7 Å². The van der Waals surface area contributed by atoms with Gasteiger partial charge in [0.05, 0.1) is 13.0 Å². The number of methoxy groups -OCH3 is 1. The standard InChI is InChI=1S/C13H16FNO2.ClH/c1-17-13(16)10-6-9(7-15-8-10)11-4-2-3-5-12(11)14;/h2-5,9-10,15H,6-8H2,1H3;1H. The summed E-state index contributed by atoms with van der Waals surface area (Å²) >= 11 is 0. The molecule has 0 spiro atoms. The van der Waals surface area contributed by atoms with Crippen molar-refractivity contribution < 1.29 is 13.9 Å². The average molecular weight is 274 g/mol. The van der Waals surface area contributed by atoms with Crippen LogP contribution in [0.3, 0.4) is 0 Å². The first kappa shape index (κ1) is 14.9. The van der Waals surface area contributed by atoms with Gasteiger partial charge in [-0.25, -0.2) is 4.39 Å². The number of rotatable bonds is 2. The summed E-state index contributed by atoms with van der Waals surface area (Å²) in [5, 5.41) is 3.16. The molecule has 1 aliphatic rings. The van der Waals surface area contributed by atoms with Crippen LogP contribution < -0.4 is 5.32 Å². The van der Waals surface area contributed by atoms with Gasteiger partial charge in [0.25, 0.3) is 0 Å². The van der Waals surface area contributed by atoms with E-state index in [0.717, 1.165) is 0 Å². The molecule has 1 saturated heterocycles. The summed E-state index contributed by atoms with van der Waals surface area (Å²) in [4.78, 5) is 11.5. The molecule has 18 heavy (non-hydrogen) atoms. The van der Waals surface area contributed by atoms with E-state index in [1.807, 2.05) is 6.07 Å². The van der Waals surface area contributed by atoms with E-state index < -0.39 is 0 Å². The molecule has 1 aliphatic heterocycles. The number of ether oxygens (including phenoxy) is 1. The molecule has 0 amide bonds. The van der Waals surface area contributed by atoms with Crippen LogP contribution in [0.2, 0.25) is 0 Å². The maximum Gasteiger partial charge on any atom is 0.309 e. The number of esters is 1. The largest absolute Gasteiger partial charge is 0.469 e. The third kappa shape index (κ3) is 3.21. The maximum atomic E-state index is 13.6. The van der Waals surface area contributed by atoms with Crippen molar-refractivity contribution in [3.8, 4) is 0 Å². The van der Waals surface area contributed by atoms with E-state index in [1.165, 1.54) is 13.2 Å². The minimum absolute atomic E-state index is 0. The summed E-state index contributed by atoms with van der Waals surface area (Å²) in [7, 11) is 1.38.